The molecule has 1 unspecified atom stereocenters. The number of hydrogen-bond donors (Lipinski definition) is 2. The Balaban J connectivity index is 3.02. The quantitative estimate of drug-likeness (QED) is 0.764. The van der Waals surface area contributed by atoms with E-state index in [2.05, 4.69) is 0 Å². The minimum absolute atomic E-state index is 0.0279. The van der Waals surface area contributed by atoms with Gasteiger partial charge in [-0.15, -0.1) is 0 Å². The third-order valence-electron chi connectivity index (χ3n) is 2.03. The maximum Gasteiger partial charge on any atom is 0.295 e. The minimum Gasteiger partial charge on any atom is -0.372 e. The van der Waals surface area contributed by atoms with Crippen molar-refractivity contribution in [3.8, 4) is 0 Å². The van der Waals surface area contributed by atoms with Crippen molar-refractivity contribution in [2.45, 2.75) is 18.3 Å². The molecule has 0 radical (unpaired) electrons. The molecule has 6 heteroatoms. The molecule has 2 N–H and O–H groups in total. The van der Waals surface area contributed by atoms with Gasteiger partial charge < -0.3 is 5.11 Å². The maximum atomic E-state index is 13.1. The van der Waals surface area contributed by atoms with Crippen LogP contribution >= 0.6 is 0 Å². The lowest BCUT2D eigenvalue weighted by atomic mass is 10.1. The summed E-state index contributed by atoms with van der Waals surface area (Å²) in [5.74, 6) is -0.624. The fourth-order valence-electron chi connectivity index (χ4n) is 1.09. The van der Waals surface area contributed by atoms with Crippen LogP contribution in [0.2, 0.25) is 0 Å². The molecule has 4 nitrogen and oxygen atoms in total. The maximum absolute atomic E-state index is 13.1. The van der Waals surface area contributed by atoms with Crippen LogP contribution in [0.4, 0.5) is 4.39 Å². The lowest BCUT2D eigenvalue weighted by molar-refractivity contribution is 0.131. The van der Waals surface area contributed by atoms with Crippen molar-refractivity contribution in [1.29, 1.82) is 0 Å². The number of halogens is 1. The van der Waals surface area contributed by atoms with E-state index in [0.29, 0.717) is 0 Å². The topological polar surface area (TPSA) is 74.6 Å². The molecule has 0 aromatic heterocycles. The number of benzene rings is 1. The molecular weight excluding hydrogens is 223 g/mol. The number of aliphatic hydroxyl groups is 1. The SMILES string of the molecule is CC(O)(Cc1ccccc1F)S(=O)(=O)O. The first-order valence-corrected chi connectivity index (χ1v) is 5.61. The van der Waals surface area contributed by atoms with Crippen LogP contribution in [0.1, 0.15) is 12.5 Å². The van der Waals surface area contributed by atoms with Gasteiger partial charge in [0.1, 0.15) is 5.82 Å². The monoisotopic (exact) mass is 234 g/mol. The van der Waals surface area contributed by atoms with E-state index in [4.69, 9.17) is 4.55 Å². The van der Waals surface area contributed by atoms with Crippen LogP contribution in [-0.4, -0.2) is 23.0 Å². The second kappa shape index (κ2) is 3.88. The van der Waals surface area contributed by atoms with Gasteiger partial charge in [-0.25, -0.2) is 4.39 Å². The van der Waals surface area contributed by atoms with E-state index in [0.717, 1.165) is 13.0 Å². The van der Waals surface area contributed by atoms with Crippen LogP contribution in [0.25, 0.3) is 0 Å². The van der Waals surface area contributed by atoms with Crippen LogP contribution < -0.4 is 0 Å². The van der Waals surface area contributed by atoms with Crippen molar-refractivity contribution in [3.63, 3.8) is 0 Å². The molecule has 1 aromatic rings. The Kier molecular flexibility index (Phi) is 3.13. The molecule has 1 rings (SSSR count). The van der Waals surface area contributed by atoms with Crippen molar-refractivity contribution in [2.24, 2.45) is 0 Å². The highest BCUT2D eigenvalue weighted by Crippen LogP contribution is 2.20. The number of rotatable bonds is 3. The van der Waals surface area contributed by atoms with Gasteiger partial charge in [0.2, 0.25) is 0 Å². The third-order valence-corrected chi connectivity index (χ3v) is 3.29. The van der Waals surface area contributed by atoms with E-state index in [9.17, 15) is 17.9 Å². The fraction of sp³-hybridized carbons (Fsp3) is 0.333. The minimum atomic E-state index is -4.63. The highest BCUT2D eigenvalue weighted by Gasteiger charge is 2.36. The van der Waals surface area contributed by atoms with E-state index in [1.54, 1.807) is 0 Å². The van der Waals surface area contributed by atoms with Crippen molar-refractivity contribution in [1.82, 2.24) is 0 Å². The molecule has 84 valence electrons. The van der Waals surface area contributed by atoms with Crippen LogP contribution in [0, 0.1) is 5.82 Å². The lowest BCUT2D eigenvalue weighted by Gasteiger charge is -2.19. The molecule has 0 aliphatic carbocycles. The van der Waals surface area contributed by atoms with Gasteiger partial charge in [0.05, 0.1) is 0 Å². The van der Waals surface area contributed by atoms with Crippen molar-refractivity contribution in [3.05, 3.63) is 35.6 Å². The van der Waals surface area contributed by atoms with Crippen molar-refractivity contribution >= 4 is 10.1 Å². The van der Waals surface area contributed by atoms with Crippen LogP contribution in [0.15, 0.2) is 24.3 Å². The first-order valence-electron chi connectivity index (χ1n) is 4.17. The van der Waals surface area contributed by atoms with E-state index < -0.39 is 27.3 Å². The molecule has 0 aliphatic rings. The molecule has 0 heterocycles. The molecule has 0 amide bonds. The Morgan fingerprint density at radius 1 is 1.40 bits per heavy atom. The van der Waals surface area contributed by atoms with Gasteiger partial charge in [-0.1, -0.05) is 18.2 Å². The standard InChI is InChI=1S/C9H11FO4S/c1-9(11,15(12,13)14)6-7-4-2-3-5-8(7)10/h2-5,11H,6H2,1H3,(H,12,13,14). The van der Waals surface area contributed by atoms with Crippen molar-refractivity contribution < 1.29 is 22.5 Å². The second-order valence-electron chi connectivity index (χ2n) is 3.42. The summed E-state index contributed by atoms with van der Waals surface area (Å²) in [5.41, 5.74) is 0.0279. The van der Waals surface area contributed by atoms with Gasteiger partial charge in [-0.3, -0.25) is 4.55 Å². The molecular formula is C9H11FO4S. The Bertz CT molecular complexity index is 453. The zero-order valence-electron chi connectivity index (χ0n) is 8.01. The summed E-state index contributed by atoms with van der Waals surface area (Å²) >= 11 is 0. The number of hydrogen-bond acceptors (Lipinski definition) is 3. The highest BCUT2D eigenvalue weighted by molar-refractivity contribution is 7.87. The molecule has 0 bridgehead atoms. The van der Waals surface area contributed by atoms with Gasteiger partial charge in [0.15, 0.2) is 4.93 Å². The molecule has 15 heavy (non-hydrogen) atoms. The van der Waals surface area contributed by atoms with Gasteiger partial charge in [0.25, 0.3) is 10.1 Å². The smallest absolute Gasteiger partial charge is 0.295 e. The van der Waals surface area contributed by atoms with E-state index in [-0.39, 0.29) is 5.56 Å². The van der Waals surface area contributed by atoms with Gasteiger partial charge in [-0.2, -0.15) is 8.42 Å². The van der Waals surface area contributed by atoms with E-state index >= 15 is 0 Å². The van der Waals surface area contributed by atoms with Crippen LogP contribution in [-0.2, 0) is 16.5 Å². The van der Waals surface area contributed by atoms with E-state index in [1.165, 1.54) is 18.2 Å². The lowest BCUT2D eigenvalue weighted by Crippen LogP contribution is -2.37. The predicted octanol–water partition coefficient (Wildman–Crippen LogP) is 0.965. The van der Waals surface area contributed by atoms with Crippen LogP contribution in [0.3, 0.4) is 0 Å². The van der Waals surface area contributed by atoms with Gasteiger partial charge in [0, 0.05) is 6.42 Å². The second-order valence-corrected chi connectivity index (χ2v) is 5.25. The normalized spacial score (nSPS) is 16.0. The Morgan fingerprint density at radius 2 is 1.93 bits per heavy atom. The fourth-order valence-corrected chi connectivity index (χ4v) is 1.42. The zero-order chi connectivity index (χ0) is 11.7. The third kappa shape index (κ3) is 2.74. The Labute approximate surface area is 87.1 Å². The highest BCUT2D eigenvalue weighted by atomic mass is 32.2. The Morgan fingerprint density at radius 3 is 2.40 bits per heavy atom. The molecule has 0 saturated heterocycles. The molecule has 0 spiro atoms. The summed E-state index contributed by atoms with van der Waals surface area (Å²) in [6.07, 6.45) is -0.501. The first kappa shape index (κ1) is 12.1. The molecule has 0 fully saturated rings. The average Bonchev–Trinajstić information content (AvgIpc) is 2.06. The summed E-state index contributed by atoms with van der Waals surface area (Å²) in [6.45, 7) is 0.911. The largest absolute Gasteiger partial charge is 0.372 e. The summed E-state index contributed by atoms with van der Waals surface area (Å²) in [7, 11) is -4.63. The first-order chi connectivity index (χ1) is 6.74. The van der Waals surface area contributed by atoms with Gasteiger partial charge >= 0.3 is 0 Å². The predicted molar refractivity (Wildman–Crippen MR) is 52.3 cm³/mol. The van der Waals surface area contributed by atoms with E-state index in [1.807, 2.05) is 0 Å². The summed E-state index contributed by atoms with van der Waals surface area (Å²) < 4.78 is 43.3. The van der Waals surface area contributed by atoms with Gasteiger partial charge in [-0.05, 0) is 18.6 Å². The summed E-state index contributed by atoms with van der Waals surface area (Å²) in [4.78, 5) is -2.38. The average molecular weight is 234 g/mol. The zero-order valence-corrected chi connectivity index (χ0v) is 8.83. The summed E-state index contributed by atoms with van der Waals surface area (Å²) in [5, 5.41) is 9.42. The molecule has 1 aromatic carbocycles. The van der Waals surface area contributed by atoms with Crippen molar-refractivity contribution in [2.75, 3.05) is 0 Å². The molecule has 1 atom stereocenters. The van der Waals surface area contributed by atoms with Crippen LogP contribution in [0.5, 0.6) is 0 Å². The molecule has 0 aliphatic heterocycles. The summed E-state index contributed by atoms with van der Waals surface area (Å²) in [6, 6.07) is 5.45. The Hall–Kier alpha value is -0.980. The molecule has 0 saturated carbocycles.